The molecule has 1 aromatic carbocycles. The number of benzene rings is 1. The highest BCUT2D eigenvalue weighted by Crippen LogP contribution is 2.46. The molecule has 0 bridgehead atoms. The zero-order valence-corrected chi connectivity index (χ0v) is 10.2. The molecular formula is C14H17NO2. The van der Waals surface area contributed by atoms with Crippen LogP contribution in [0, 0.1) is 5.92 Å². The molecule has 1 saturated heterocycles. The van der Waals surface area contributed by atoms with Gasteiger partial charge in [0.1, 0.15) is 11.7 Å². The Morgan fingerprint density at radius 1 is 1.41 bits per heavy atom. The van der Waals surface area contributed by atoms with Crippen LogP contribution >= 0.6 is 0 Å². The van der Waals surface area contributed by atoms with Gasteiger partial charge in [-0.2, -0.15) is 0 Å². The quantitative estimate of drug-likeness (QED) is 0.843. The number of carbonyl (C=O) groups is 1. The lowest BCUT2D eigenvalue weighted by Crippen LogP contribution is -2.57. The number of ketones is 1. The van der Waals surface area contributed by atoms with Crippen molar-refractivity contribution in [2.45, 2.75) is 25.6 Å². The maximum Gasteiger partial charge on any atom is 0.168 e. The van der Waals surface area contributed by atoms with Gasteiger partial charge in [0.2, 0.25) is 0 Å². The van der Waals surface area contributed by atoms with Gasteiger partial charge in [0, 0.05) is 19.0 Å². The fourth-order valence-electron chi connectivity index (χ4n) is 2.63. The summed E-state index contributed by atoms with van der Waals surface area (Å²) in [6.45, 7) is 5.48. The van der Waals surface area contributed by atoms with Gasteiger partial charge in [0.15, 0.2) is 5.78 Å². The Balaban J connectivity index is 2.03. The molecule has 0 radical (unpaired) electrons. The molecule has 2 heterocycles. The Morgan fingerprint density at radius 2 is 2.12 bits per heavy atom. The van der Waals surface area contributed by atoms with E-state index in [9.17, 15) is 4.79 Å². The van der Waals surface area contributed by atoms with Crippen molar-refractivity contribution in [1.82, 2.24) is 5.32 Å². The van der Waals surface area contributed by atoms with Crippen LogP contribution in [-0.4, -0.2) is 18.9 Å². The summed E-state index contributed by atoms with van der Waals surface area (Å²) in [6, 6.07) is 8.11. The minimum absolute atomic E-state index is 0.0104. The van der Waals surface area contributed by atoms with Crippen molar-refractivity contribution in [2.24, 2.45) is 5.92 Å². The van der Waals surface area contributed by atoms with Crippen LogP contribution in [0.5, 0.6) is 0 Å². The van der Waals surface area contributed by atoms with Gasteiger partial charge >= 0.3 is 0 Å². The first-order valence-corrected chi connectivity index (χ1v) is 6.16. The van der Waals surface area contributed by atoms with Gasteiger partial charge in [-0.1, -0.05) is 38.1 Å². The molecule has 0 saturated carbocycles. The molecule has 2 aliphatic heterocycles. The van der Waals surface area contributed by atoms with Crippen LogP contribution < -0.4 is 5.32 Å². The molecule has 90 valence electrons. The van der Waals surface area contributed by atoms with E-state index in [1.165, 1.54) is 5.56 Å². The van der Waals surface area contributed by atoms with E-state index in [-0.39, 0.29) is 23.4 Å². The highest BCUT2D eigenvalue weighted by molar-refractivity contribution is 5.87. The van der Waals surface area contributed by atoms with Crippen LogP contribution in [0.2, 0.25) is 0 Å². The highest BCUT2D eigenvalue weighted by Gasteiger charge is 2.51. The lowest BCUT2D eigenvalue weighted by Gasteiger charge is -2.39. The number of carbonyl (C=O) groups excluding carboxylic acids is 1. The predicted octanol–water partition coefficient (Wildman–Crippen LogP) is 1.78. The average molecular weight is 231 g/mol. The first kappa shape index (κ1) is 10.9. The summed E-state index contributed by atoms with van der Waals surface area (Å²) in [4.78, 5) is 12.2. The first-order valence-electron chi connectivity index (χ1n) is 6.16. The molecule has 1 atom stereocenters. The fraction of sp³-hybridized carbons (Fsp3) is 0.500. The number of ether oxygens (including phenoxy) is 1. The zero-order valence-electron chi connectivity index (χ0n) is 10.2. The van der Waals surface area contributed by atoms with Gasteiger partial charge in [-0.25, -0.2) is 0 Å². The summed E-state index contributed by atoms with van der Waals surface area (Å²) in [5, 5.41) is 3.24. The van der Waals surface area contributed by atoms with E-state index in [0.29, 0.717) is 0 Å². The Labute approximate surface area is 101 Å². The van der Waals surface area contributed by atoms with Crippen LogP contribution in [0.3, 0.4) is 0 Å². The van der Waals surface area contributed by atoms with Crippen molar-refractivity contribution in [1.29, 1.82) is 0 Å². The molecule has 0 amide bonds. The Kier molecular flexibility index (Phi) is 2.35. The second-order valence-electron chi connectivity index (χ2n) is 5.24. The molecule has 0 aliphatic carbocycles. The van der Waals surface area contributed by atoms with Gasteiger partial charge in [-0.3, -0.25) is 4.79 Å². The number of fused-ring (bicyclic) bond motifs is 2. The molecule has 3 rings (SSSR count). The van der Waals surface area contributed by atoms with Crippen molar-refractivity contribution < 1.29 is 9.53 Å². The van der Waals surface area contributed by atoms with Crippen molar-refractivity contribution >= 4 is 5.78 Å². The Hall–Kier alpha value is -1.19. The second-order valence-corrected chi connectivity index (χ2v) is 5.24. The molecule has 17 heavy (non-hydrogen) atoms. The van der Waals surface area contributed by atoms with Crippen LogP contribution in [0.25, 0.3) is 0 Å². The number of hydrogen-bond donors (Lipinski definition) is 1. The van der Waals surface area contributed by atoms with E-state index in [4.69, 9.17) is 4.74 Å². The smallest absolute Gasteiger partial charge is 0.168 e. The van der Waals surface area contributed by atoms with Gasteiger partial charge in [-0.05, 0) is 11.1 Å². The topological polar surface area (TPSA) is 38.3 Å². The summed E-state index contributed by atoms with van der Waals surface area (Å²) in [5.74, 6) is 0.192. The molecule has 1 fully saturated rings. The summed E-state index contributed by atoms with van der Waals surface area (Å²) >= 11 is 0. The van der Waals surface area contributed by atoms with Crippen molar-refractivity contribution in [2.75, 3.05) is 13.1 Å². The van der Waals surface area contributed by atoms with Crippen LogP contribution in [-0.2, 0) is 15.1 Å². The normalized spacial score (nSPS) is 24.8. The maximum absolute atomic E-state index is 12.2. The van der Waals surface area contributed by atoms with Gasteiger partial charge < -0.3 is 10.1 Å². The first-order chi connectivity index (χ1) is 8.14. The molecule has 2 aliphatic rings. The van der Waals surface area contributed by atoms with Crippen LogP contribution in [0.1, 0.15) is 31.1 Å². The predicted molar refractivity (Wildman–Crippen MR) is 64.7 cm³/mol. The van der Waals surface area contributed by atoms with Crippen molar-refractivity contribution in [3.8, 4) is 0 Å². The third-order valence-electron chi connectivity index (χ3n) is 3.73. The fourth-order valence-corrected chi connectivity index (χ4v) is 2.63. The summed E-state index contributed by atoms with van der Waals surface area (Å²) in [7, 11) is 0. The van der Waals surface area contributed by atoms with Crippen molar-refractivity contribution in [3.05, 3.63) is 35.4 Å². The third kappa shape index (κ3) is 1.46. The lowest BCUT2D eigenvalue weighted by molar-refractivity contribution is -0.151. The molecule has 3 nitrogen and oxygen atoms in total. The summed E-state index contributed by atoms with van der Waals surface area (Å²) < 4.78 is 6.07. The molecule has 1 N–H and O–H groups in total. The minimum Gasteiger partial charge on any atom is -0.352 e. The summed E-state index contributed by atoms with van der Waals surface area (Å²) in [5.41, 5.74) is 2.01. The molecule has 3 heteroatoms. The van der Waals surface area contributed by atoms with Gasteiger partial charge in [-0.15, -0.1) is 0 Å². The van der Waals surface area contributed by atoms with E-state index >= 15 is 0 Å². The number of Topliss-reactive ketones (excluding diaryl/α,β-unsaturated/α-hetero) is 1. The molecule has 1 aromatic rings. The SMILES string of the molecule is CC(C)C(=O)C1OC2(CNC2)c2ccccc21. The second kappa shape index (κ2) is 3.65. The maximum atomic E-state index is 12.2. The molecular weight excluding hydrogens is 214 g/mol. The van der Waals surface area contributed by atoms with E-state index in [1.807, 2.05) is 32.0 Å². The van der Waals surface area contributed by atoms with E-state index in [2.05, 4.69) is 11.4 Å². The average Bonchev–Trinajstić information content (AvgIpc) is 2.63. The lowest BCUT2D eigenvalue weighted by atomic mass is 9.86. The van der Waals surface area contributed by atoms with Crippen LogP contribution in [0.15, 0.2) is 24.3 Å². The van der Waals surface area contributed by atoms with Gasteiger partial charge in [0.05, 0.1) is 0 Å². The largest absolute Gasteiger partial charge is 0.352 e. The molecule has 1 spiro atoms. The van der Waals surface area contributed by atoms with Crippen molar-refractivity contribution in [3.63, 3.8) is 0 Å². The number of hydrogen-bond acceptors (Lipinski definition) is 3. The van der Waals surface area contributed by atoms with E-state index in [0.717, 1.165) is 18.7 Å². The molecule has 0 aromatic heterocycles. The Bertz CT molecular complexity index is 463. The third-order valence-corrected chi connectivity index (χ3v) is 3.73. The molecule has 1 unspecified atom stereocenters. The monoisotopic (exact) mass is 231 g/mol. The standard InChI is InChI=1S/C14H17NO2/c1-9(2)12(16)13-10-5-3-4-6-11(10)14(17-13)7-15-8-14/h3-6,9,13,15H,7-8H2,1-2H3. The van der Waals surface area contributed by atoms with Crippen LogP contribution in [0.4, 0.5) is 0 Å². The van der Waals surface area contributed by atoms with Gasteiger partial charge in [0.25, 0.3) is 0 Å². The minimum atomic E-state index is -0.367. The highest BCUT2D eigenvalue weighted by atomic mass is 16.5. The van der Waals surface area contributed by atoms with E-state index < -0.39 is 0 Å². The Morgan fingerprint density at radius 3 is 2.71 bits per heavy atom. The number of rotatable bonds is 2. The van der Waals surface area contributed by atoms with E-state index in [1.54, 1.807) is 0 Å². The summed E-state index contributed by atoms with van der Waals surface area (Å²) in [6.07, 6.45) is -0.367. The number of nitrogens with one attached hydrogen (secondary N) is 1. The zero-order chi connectivity index (χ0) is 12.0.